The van der Waals surface area contributed by atoms with E-state index in [1.807, 2.05) is 0 Å². The normalized spacial score (nSPS) is 22.7. The summed E-state index contributed by atoms with van der Waals surface area (Å²) in [6, 6.07) is 5.08. The second-order valence-electron chi connectivity index (χ2n) is 4.59. The number of nitrogens with zero attached hydrogens (tertiary/aromatic N) is 1. The number of carbonyl (C=O) groups is 1. The Balaban J connectivity index is 2.21. The molecule has 19 heavy (non-hydrogen) atoms. The monoisotopic (exact) mass is 265 g/mol. The number of hydrogen-bond donors (Lipinski definition) is 2. The van der Waals surface area contributed by atoms with Gasteiger partial charge in [0.2, 0.25) is 5.91 Å². The molecule has 0 spiro atoms. The fourth-order valence-electron chi connectivity index (χ4n) is 2.39. The first-order valence-corrected chi connectivity index (χ1v) is 6.06. The number of primary amides is 1. The van der Waals surface area contributed by atoms with Gasteiger partial charge in [-0.1, -0.05) is 0 Å². The molecule has 1 aliphatic heterocycles. The second-order valence-corrected chi connectivity index (χ2v) is 4.59. The molecule has 104 valence electrons. The van der Waals surface area contributed by atoms with Crippen LogP contribution in [0.15, 0.2) is 18.2 Å². The number of rotatable bonds is 4. The van der Waals surface area contributed by atoms with Crippen LogP contribution in [0.1, 0.15) is 10.4 Å². The van der Waals surface area contributed by atoms with Gasteiger partial charge in [-0.25, -0.2) is 0 Å². The van der Waals surface area contributed by atoms with E-state index in [0.29, 0.717) is 24.3 Å². The predicted octanol–water partition coefficient (Wildman–Crippen LogP) is 0.218. The summed E-state index contributed by atoms with van der Waals surface area (Å²) < 4.78 is 10.8. The lowest BCUT2D eigenvalue weighted by Gasteiger charge is -2.20. The van der Waals surface area contributed by atoms with Gasteiger partial charge in [0, 0.05) is 32.9 Å². The number of anilines is 2. The van der Waals surface area contributed by atoms with Crippen LogP contribution in [0.3, 0.4) is 0 Å². The summed E-state index contributed by atoms with van der Waals surface area (Å²) in [5.41, 5.74) is 13.0. The van der Waals surface area contributed by atoms with Crippen LogP contribution in [0.5, 0.6) is 0 Å². The molecule has 0 bridgehead atoms. The van der Waals surface area contributed by atoms with E-state index in [2.05, 4.69) is 4.90 Å². The maximum Gasteiger partial charge on any atom is 0.248 e. The van der Waals surface area contributed by atoms with Gasteiger partial charge in [0.15, 0.2) is 0 Å². The Hall–Kier alpha value is -1.79. The molecule has 4 N–H and O–H groups in total. The first-order chi connectivity index (χ1) is 9.06. The molecular weight excluding hydrogens is 246 g/mol. The Kier molecular flexibility index (Phi) is 3.92. The van der Waals surface area contributed by atoms with Crippen molar-refractivity contribution in [2.75, 3.05) is 37.9 Å². The highest BCUT2D eigenvalue weighted by molar-refractivity contribution is 5.94. The number of ether oxygens (including phenoxy) is 2. The van der Waals surface area contributed by atoms with Gasteiger partial charge in [-0.05, 0) is 18.2 Å². The summed E-state index contributed by atoms with van der Waals surface area (Å²) in [7, 11) is 3.33. The number of methoxy groups -OCH3 is 2. The van der Waals surface area contributed by atoms with E-state index in [9.17, 15) is 4.79 Å². The molecule has 0 saturated carbocycles. The van der Waals surface area contributed by atoms with Crippen molar-refractivity contribution in [1.82, 2.24) is 0 Å². The van der Waals surface area contributed by atoms with Gasteiger partial charge >= 0.3 is 0 Å². The van der Waals surface area contributed by atoms with Crippen LogP contribution < -0.4 is 16.4 Å². The average Bonchev–Trinajstić information content (AvgIpc) is 2.81. The molecule has 0 aromatic heterocycles. The third-order valence-corrected chi connectivity index (χ3v) is 3.47. The number of amides is 1. The minimum absolute atomic E-state index is 0.0141. The summed E-state index contributed by atoms with van der Waals surface area (Å²) >= 11 is 0. The van der Waals surface area contributed by atoms with Gasteiger partial charge in [-0.3, -0.25) is 4.79 Å². The van der Waals surface area contributed by atoms with Crippen LogP contribution in [0.4, 0.5) is 11.4 Å². The second kappa shape index (κ2) is 5.46. The van der Waals surface area contributed by atoms with Crippen molar-refractivity contribution < 1.29 is 14.3 Å². The molecule has 2 atom stereocenters. The maximum absolute atomic E-state index is 11.1. The van der Waals surface area contributed by atoms with Crippen LogP contribution >= 0.6 is 0 Å². The zero-order chi connectivity index (χ0) is 14.0. The molecule has 1 saturated heterocycles. The number of nitrogens with two attached hydrogens (primary N) is 2. The van der Waals surface area contributed by atoms with Crippen LogP contribution in [0, 0.1) is 0 Å². The van der Waals surface area contributed by atoms with Gasteiger partial charge in [0.05, 0.1) is 11.4 Å². The minimum atomic E-state index is -0.482. The van der Waals surface area contributed by atoms with Gasteiger partial charge in [-0.2, -0.15) is 0 Å². The largest absolute Gasteiger partial charge is 0.397 e. The van der Waals surface area contributed by atoms with E-state index in [1.165, 1.54) is 0 Å². The van der Waals surface area contributed by atoms with Crippen LogP contribution in [-0.2, 0) is 9.47 Å². The Morgan fingerprint density at radius 3 is 2.26 bits per heavy atom. The molecule has 6 nitrogen and oxygen atoms in total. The molecule has 2 unspecified atom stereocenters. The Morgan fingerprint density at radius 2 is 1.84 bits per heavy atom. The van der Waals surface area contributed by atoms with Crippen LogP contribution in [-0.4, -0.2) is 45.4 Å². The summed E-state index contributed by atoms with van der Waals surface area (Å²) in [4.78, 5) is 13.2. The zero-order valence-corrected chi connectivity index (χ0v) is 11.1. The van der Waals surface area contributed by atoms with Crippen molar-refractivity contribution >= 4 is 17.3 Å². The number of carbonyl (C=O) groups excluding carboxylic acids is 1. The minimum Gasteiger partial charge on any atom is -0.397 e. The highest BCUT2D eigenvalue weighted by Crippen LogP contribution is 2.29. The van der Waals surface area contributed by atoms with E-state index < -0.39 is 5.91 Å². The van der Waals surface area contributed by atoms with E-state index in [1.54, 1.807) is 32.4 Å². The molecule has 0 aliphatic carbocycles. The summed E-state index contributed by atoms with van der Waals surface area (Å²) in [6.07, 6.45) is 0.0282. The third kappa shape index (κ3) is 2.64. The number of benzene rings is 1. The lowest BCUT2D eigenvalue weighted by molar-refractivity contribution is -0.00461. The SMILES string of the molecule is COC1CN(c2ccc(C(N)=O)cc2N)CC1OC. The quantitative estimate of drug-likeness (QED) is 0.760. The lowest BCUT2D eigenvalue weighted by atomic mass is 10.1. The Labute approximate surface area is 112 Å². The molecule has 1 heterocycles. The van der Waals surface area contributed by atoms with Crippen molar-refractivity contribution in [3.8, 4) is 0 Å². The molecule has 1 aromatic carbocycles. The molecular formula is C13H19N3O3. The maximum atomic E-state index is 11.1. The number of hydrogen-bond acceptors (Lipinski definition) is 5. The van der Waals surface area contributed by atoms with E-state index in [0.717, 1.165) is 5.69 Å². The first kappa shape index (κ1) is 13.6. The lowest BCUT2D eigenvalue weighted by Crippen LogP contribution is -2.27. The third-order valence-electron chi connectivity index (χ3n) is 3.47. The highest BCUT2D eigenvalue weighted by atomic mass is 16.5. The molecule has 2 rings (SSSR count). The standard InChI is InChI=1S/C13H19N3O3/c1-18-11-6-16(7-12(11)19-2)10-4-3-8(13(15)17)5-9(10)14/h3-5,11-12H,6-7,14H2,1-2H3,(H2,15,17). The van der Waals surface area contributed by atoms with E-state index in [-0.39, 0.29) is 12.2 Å². The fourth-order valence-corrected chi connectivity index (χ4v) is 2.39. The van der Waals surface area contributed by atoms with Gasteiger partial charge in [0.1, 0.15) is 12.2 Å². The van der Waals surface area contributed by atoms with Crippen molar-refractivity contribution in [2.45, 2.75) is 12.2 Å². The molecule has 0 radical (unpaired) electrons. The highest BCUT2D eigenvalue weighted by Gasteiger charge is 2.33. The smallest absolute Gasteiger partial charge is 0.248 e. The Morgan fingerprint density at radius 1 is 1.26 bits per heavy atom. The molecule has 6 heteroatoms. The number of nitrogen functional groups attached to an aromatic ring is 1. The van der Waals surface area contributed by atoms with Crippen molar-refractivity contribution in [3.05, 3.63) is 23.8 Å². The Bertz CT molecular complexity index is 466. The molecule has 1 aromatic rings. The van der Waals surface area contributed by atoms with E-state index >= 15 is 0 Å². The average molecular weight is 265 g/mol. The summed E-state index contributed by atoms with van der Waals surface area (Å²) in [5.74, 6) is -0.482. The molecule has 1 aliphatic rings. The van der Waals surface area contributed by atoms with Gasteiger partial charge in [-0.15, -0.1) is 0 Å². The predicted molar refractivity (Wildman–Crippen MR) is 73.2 cm³/mol. The first-order valence-electron chi connectivity index (χ1n) is 6.06. The van der Waals surface area contributed by atoms with Crippen molar-refractivity contribution in [1.29, 1.82) is 0 Å². The van der Waals surface area contributed by atoms with Gasteiger partial charge < -0.3 is 25.8 Å². The summed E-state index contributed by atoms with van der Waals surface area (Å²) in [5, 5.41) is 0. The fraction of sp³-hybridized carbons (Fsp3) is 0.462. The van der Waals surface area contributed by atoms with Crippen molar-refractivity contribution in [2.24, 2.45) is 5.73 Å². The van der Waals surface area contributed by atoms with Crippen LogP contribution in [0.25, 0.3) is 0 Å². The zero-order valence-electron chi connectivity index (χ0n) is 11.1. The topological polar surface area (TPSA) is 90.8 Å². The van der Waals surface area contributed by atoms with Crippen LogP contribution in [0.2, 0.25) is 0 Å². The van der Waals surface area contributed by atoms with Crippen molar-refractivity contribution in [3.63, 3.8) is 0 Å². The van der Waals surface area contributed by atoms with Gasteiger partial charge in [0.25, 0.3) is 0 Å². The molecule has 1 fully saturated rings. The van der Waals surface area contributed by atoms with E-state index in [4.69, 9.17) is 20.9 Å². The molecule has 1 amide bonds. The summed E-state index contributed by atoms with van der Waals surface area (Å²) in [6.45, 7) is 1.41.